The van der Waals surface area contributed by atoms with Gasteiger partial charge in [-0.1, -0.05) is 31.2 Å². The van der Waals surface area contributed by atoms with Gasteiger partial charge in [-0.2, -0.15) is 0 Å². The molecule has 1 saturated heterocycles. The number of hydrogen-bond donors (Lipinski definition) is 0. The molecule has 0 spiro atoms. The predicted molar refractivity (Wildman–Crippen MR) is 80.3 cm³/mol. The third-order valence-electron chi connectivity index (χ3n) is 4.37. The predicted octanol–water partition coefficient (Wildman–Crippen LogP) is 3.68. The van der Waals surface area contributed by atoms with Crippen LogP contribution >= 0.6 is 0 Å². The highest BCUT2D eigenvalue weighted by atomic mass is 19.1. The second-order valence-electron chi connectivity index (χ2n) is 5.43. The maximum Gasteiger partial charge on any atom is 0.321 e. The normalized spacial score (nSPS) is 23.0. The summed E-state index contributed by atoms with van der Waals surface area (Å²) in [6.07, 6.45) is -0.360. The second kappa shape index (κ2) is 5.46. The highest BCUT2D eigenvalue weighted by molar-refractivity contribution is 5.90. The van der Waals surface area contributed by atoms with Crippen molar-refractivity contribution in [2.75, 3.05) is 0 Å². The van der Waals surface area contributed by atoms with Gasteiger partial charge < -0.3 is 4.74 Å². The highest BCUT2D eigenvalue weighted by Gasteiger charge is 2.60. The number of para-hydroxylation sites is 1. The van der Waals surface area contributed by atoms with Crippen molar-refractivity contribution in [3.8, 4) is 0 Å². The number of nitrogens with zero attached hydrogens (tertiary/aromatic N) is 1. The molecule has 2 aromatic carbocycles. The Morgan fingerprint density at radius 1 is 1.22 bits per heavy atom. The average Bonchev–Trinajstić information content (AvgIpc) is 2.55. The van der Waals surface area contributed by atoms with Crippen molar-refractivity contribution in [2.24, 2.45) is 0 Å². The molecule has 5 nitrogen and oxygen atoms in total. The van der Waals surface area contributed by atoms with Crippen molar-refractivity contribution in [1.82, 2.24) is 0 Å². The smallest absolute Gasteiger partial charge is 0.321 e. The molecule has 0 N–H and O–H groups in total. The lowest BCUT2D eigenvalue weighted by Gasteiger charge is -2.46. The molecule has 0 aliphatic carbocycles. The number of benzene rings is 2. The number of rotatable bonds is 4. The van der Waals surface area contributed by atoms with Gasteiger partial charge in [0.15, 0.2) is 6.10 Å². The van der Waals surface area contributed by atoms with Crippen molar-refractivity contribution in [1.29, 1.82) is 0 Å². The van der Waals surface area contributed by atoms with E-state index in [0.29, 0.717) is 17.5 Å². The molecule has 0 saturated carbocycles. The molecular weight excluding hydrogens is 301 g/mol. The quantitative estimate of drug-likeness (QED) is 0.490. The molecule has 6 heteroatoms. The van der Waals surface area contributed by atoms with Gasteiger partial charge in [-0.05, 0) is 30.2 Å². The van der Waals surface area contributed by atoms with Crippen molar-refractivity contribution >= 4 is 11.7 Å². The Hall–Kier alpha value is -2.76. The Labute approximate surface area is 131 Å². The summed E-state index contributed by atoms with van der Waals surface area (Å²) in [5.41, 5.74) is -0.172. The van der Waals surface area contributed by atoms with E-state index in [2.05, 4.69) is 0 Å². The van der Waals surface area contributed by atoms with E-state index < -0.39 is 28.2 Å². The zero-order valence-corrected chi connectivity index (χ0v) is 12.4. The zero-order chi connectivity index (χ0) is 16.6. The number of carbonyl (C=O) groups is 1. The molecule has 1 aliphatic rings. The van der Waals surface area contributed by atoms with Gasteiger partial charge in [0.1, 0.15) is 11.2 Å². The standard InChI is InChI=1S/C17H14FNO4/c1-2-17(11-7-9-12(18)10-8-11)15(23-16(17)20)13-5-3-4-6-14(13)19(21)22/h3-10,15H,2H2,1H3. The van der Waals surface area contributed by atoms with E-state index in [0.717, 1.165) is 0 Å². The minimum Gasteiger partial charge on any atom is -0.455 e. The molecule has 0 radical (unpaired) electrons. The molecule has 0 bridgehead atoms. The van der Waals surface area contributed by atoms with E-state index in [1.807, 2.05) is 6.92 Å². The number of ether oxygens (including phenoxy) is 1. The Kier molecular flexibility index (Phi) is 3.60. The van der Waals surface area contributed by atoms with E-state index in [-0.39, 0.29) is 5.69 Å². The first-order chi connectivity index (χ1) is 11.0. The van der Waals surface area contributed by atoms with Crippen LogP contribution in [0, 0.1) is 15.9 Å². The minimum absolute atomic E-state index is 0.0927. The Bertz CT molecular complexity index is 774. The molecule has 3 rings (SSSR count). The molecule has 1 heterocycles. The number of halogens is 1. The summed E-state index contributed by atoms with van der Waals surface area (Å²) in [7, 11) is 0. The van der Waals surface area contributed by atoms with Gasteiger partial charge in [0, 0.05) is 6.07 Å². The van der Waals surface area contributed by atoms with E-state index in [9.17, 15) is 19.3 Å². The first-order valence-corrected chi connectivity index (χ1v) is 7.21. The molecule has 118 valence electrons. The summed E-state index contributed by atoms with van der Waals surface area (Å²) < 4.78 is 18.5. The Morgan fingerprint density at radius 2 is 1.87 bits per heavy atom. The monoisotopic (exact) mass is 315 g/mol. The van der Waals surface area contributed by atoms with Crippen LogP contribution in [0.5, 0.6) is 0 Å². The molecule has 23 heavy (non-hydrogen) atoms. The van der Waals surface area contributed by atoms with Gasteiger partial charge in [-0.25, -0.2) is 4.39 Å². The lowest BCUT2D eigenvalue weighted by molar-refractivity contribution is -0.386. The third kappa shape index (κ3) is 2.18. The molecule has 1 aliphatic heterocycles. The van der Waals surface area contributed by atoms with Crippen molar-refractivity contribution < 1.29 is 18.8 Å². The molecule has 0 aromatic heterocycles. The van der Waals surface area contributed by atoms with Gasteiger partial charge >= 0.3 is 5.97 Å². The number of hydrogen-bond acceptors (Lipinski definition) is 4. The summed E-state index contributed by atoms with van der Waals surface area (Å²) in [4.78, 5) is 23.0. The molecule has 2 atom stereocenters. The average molecular weight is 315 g/mol. The van der Waals surface area contributed by atoms with Crippen molar-refractivity contribution in [3.63, 3.8) is 0 Å². The van der Waals surface area contributed by atoms with Gasteiger partial charge in [-0.15, -0.1) is 0 Å². The van der Waals surface area contributed by atoms with E-state index in [1.165, 1.54) is 30.3 Å². The maximum atomic E-state index is 13.2. The zero-order valence-electron chi connectivity index (χ0n) is 12.4. The van der Waals surface area contributed by atoms with E-state index >= 15 is 0 Å². The summed E-state index contributed by atoms with van der Waals surface area (Å²) in [6, 6.07) is 11.8. The summed E-state index contributed by atoms with van der Waals surface area (Å²) >= 11 is 0. The number of nitro benzene ring substituents is 1. The van der Waals surface area contributed by atoms with Crippen LogP contribution in [0.1, 0.15) is 30.6 Å². The molecule has 0 amide bonds. The fraction of sp³-hybridized carbons (Fsp3) is 0.235. The van der Waals surface area contributed by atoms with Gasteiger partial charge in [0.25, 0.3) is 5.69 Å². The van der Waals surface area contributed by atoms with Crippen LogP contribution in [0.3, 0.4) is 0 Å². The van der Waals surface area contributed by atoms with Crippen LogP contribution in [0.15, 0.2) is 48.5 Å². The van der Waals surface area contributed by atoms with Crippen LogP contribution in [0.2, 0.25) is 0 Å². The van der Waals surface area contributed by atoms with Crippen LogP contribution in [-0.4, -0.2) is 10.9 Å². The van der Waals surface area contributed by atoms with Gasteiger partial charge in [0.2, 0.25) is 0 Å². The summed E-state index contributed by atoms with van der Waals surface area (Å²) in [5.74, 6) is -0.857. The highest BCUT2D eigenvalue weighted by Crippen LogP contribution is 2.53. The molecule has 2 unspecified atom stereocenters. The van der Waals surface area contributed by atoms with Crippen molar-refractivity contribution in [2.45, 2.75) is 24.9 Å². The number of nitro groups is 1. The van der Waals surface area contributed by atoms with E-state index in [1.54, 1.807) is 18.2 Å². The lowest BCUT2D eigenvalue weighted by Crippen LogP contribution is -2.54. The number of esters is 1. The largest absolute Gasteiger partial charge is 0.455 e. The lowest BCUT2D eigenvalue weighted by atomic mass is 9.67. The minimum atomic E-state index is -1.03. The van der Waals surface area contributed by atoms with Crippen LogP contribution in [0.4, 0.5) is 10.1 Å². The fourth-order valence-corrected chi connectivity index (χ4v) is 3.12. The van der Waals surface area contributed by atoms with Crippen LogP contribution in [0.25, 0.3) is 0 Å². The third-order valence-corrected chi connectivity index (χ3v) is 4.37. The first-order valence-electron chi connectivity index (χ1n) is 7.21. The maximum absolute atomic E-state index is 13.2. The molecular formula is C17H14FNO4. The fourth-order valence-electron chi connectivity index (χ4n) is 3.12. The SMILES string of the molecule is CCC1(c2ccc(F)cc2)C(=O)OC1c1ccccc1[N+](=O)[O-]. The number of carbonyl (C=O) groups excluding carboxylic acids is 1. The molecule has 2 aromatic rings. The van der Waals surface area contributed by atoms with Crippen LogP contribution in [-0.2, 0) is 14.9 Å². The van der Waals surface area contributed by atoms with Crippen molar-refractivity contribution in [3.05, 3.63) is 75.6 Å². The van der Waals surface area contributed by atoms with Crippen LogP contribution < -0.4 is 0 Å². The summed E-state index contributed by atoms with van der Waals surface area (Å²) in [5, 5.41) is 11.2. The Morgan fingerprint density at radius 3 is 2.43 bits per heavy atom. The Balaban J connectivity index is 2.12. The van der Waals surface area contributed by atoms with E-state index in [4.69, 9.17) is 4.74 Å². The number of cyclic esters (lactones) is 1. The van der Waals surface area contributed by atoms with Gasteiger partial charge in [-0.3, -0.25) is 14.9 Å². The second-order valence-corrected chi connectivity index (χ2v) is 5.43. The summed E-state index contributed by atoms with van der Waals surface area (Å²) in [6.45, 7) is 1.81. The van der Waals surface area contributed by atoms with Gasteiger partial charge in [0.05, 0.1) is 10.5 Å². The topological polar surface area (TPSA) is 69.4 Å². The first kappa shape index (κ1) is 15.1. The molecule has 1 fully saturated rings.